The standard InChI is InChI=1S/C11H20N4O2S/c1-11(2,3)5-6-12-9(16)7-15-8-13-14-10(15)18(4)17/h8H,5-7H2,1-4H3,(H,12,16)/t18-/m0/s1. The van der Waals surface area contributed by atoms with Gasteiger partial charge in [-0.15, -0.1) is 10.2 Å². The predicted molar refractivity (Wildman–Crippen MR) is 69.4 cm³/mol. The van der Waals surface area contributed by atoms with Crippen LogP contribution in [0, 0.1) is 5.41 Å². The van der Waals surface area contributed by atoms with Gasteiger partial charge in [0.25, 0.3) is 0 Å². The fourth-order valence-corrected chi connectivity index (χ4v) is 1.97. The second-order valence-corrected chi connectivity index (χ2v) is 6.63. The largest absolute Gasteiger partial charge is 0.355 e. The molecular formula is C11H20N4O2S. The molecule has 0 aromatic carbocycles. The van der Waals surface area contributed by atoms with E-state index in [9.17, 15) is 9.00 Å². The molecule has 7 heteroatoms. The first-order valence-corrected chi connectivity index (χ1v) is 7.33. The van der Waals surface area contributed by atoms with Gasteiger partial charge in [-0.05, 0) is 11.8 Å². The zero-order chi connectivity index (χ0) is 13.8. The SMILES string of the molecule is C[S@](=O)c1nncn1CC(=O)NCCC(C)(C)C. The van der Waals surface area contributed by atoms with Gasteiger partial charge in [0.05, 0.1) is 10.8 Å². The van der Waals surface area contributed by atoms with Crippen LogP contribution in [0.1, 0.15) is 27.2 Å². The van der Waals surface area contributed by atoms with Crippen molar-refractivity contribution >= 4 is 16.7 Å². The van der Waals surface area contributed by atoms with Crippen molar-refractivity contribution in [1.82, 2.24) is 20.1 Å². The number of carbonyl (C=O) groups is 1. The van der Waals surface area contributed by atoms with Gasteiger partial charge in [0.1, 0.15) is 12.9 Å². The van der Waals surface area contributed by atoms with E-state index in [2.05, 4.69) is 36.3 Å². The van der Waals surface area contributed by atoms with E-state index >= 15 is 0 Å². The summed E-state index contributed by atoms with van der Waals surface area (Å²) < 4.78 is 12.8. The van der Waals surface area contributed by atoms with Crippen LogP contribution in [0.5, 0.6) is 0 Å². The van der Waals surface area contributed by atoms with Crippen LogP contribution in [0.4, 0.5) is 0 Å². The highest BCUT2D eigenvalue weighted by Crippen LogP contribution is 2.16. The van der Waals surface area contributed by atoms with Gasteiger partial charge in [-0.25, -0.2) is 0 Å². The lowest BCUT2D eigenvalue weighted by Crippen LogP contribution is -2.30. The summed E-state index contributed by atoms with van der Waals surface area (Å²) in [5.74, 6) is -0.120. The third kappa shape index (κ3) is 4.95. The van der Waals surface area contributed by atoms with Crippen molar-refractivity contribution in [1.29, 1.82) is 0 Å². The van der Waals surface area contributed by atoms with Crippen molar-refractivity contribution in [2.24, 2.45) is 5.41 Å². The minimum atomic E-state index is -1.24. The molecule has 0 saturated carbocycles. The molecular weight excluding hydrogens is 252 g/mol. The quantitative estimate of drug-likeness (QED) is 0.850. The van der Waals surface area contributed by atoms with Crippen molar-refractivity contribution in [3.05, 3.63) is 6.33 Å². The number of nitrogens with one attached hydrogen (secondary N) is 1. The molecule has 0 fully saturated rings. The fraction of sp³-hybridized carbons (Fsp3) is 0.727. The van der Waals surface area contributed by atoms with Crippen LogP contribution in [0.2, 0.25) is 0 Å². The summed E-state index contributed by atoms with van der Waals surface area (Å²) in [6, 6.07) is 0. The van der Waals surface area contributed by atoms with Gasteiger partial charge in [0.15, 0.2) is 0 Å². The third-order valence-electron chi connectivity index (χ3n) is 2.35. The molecule has 1 aromatic heterocycles. The molecule has 0 aliphatic carbocycles. The maximum absolute atomic E-state index is 11.7. The molecule has 6 nitrogen and oxygen atoms in total. The first kappa shape index (κ1) is 14.8. The highest BCUT2D eigenvalue weighted by atomic mass is 32.2. The molecule has 102 valence electrons. The van der Waals surface area contributed by atoms with E-state index in [1.54, 1.807) is 0 Å². The molecule has 1 aromatic rings. The second-order valence-electron chi connectivity index (χ2n) is 5.36. The Morgan fingerprint density at radius 2 is 2.17 bits per heavy atom. The molecule has 0 spiro atoms. The highest BCUT2D eigenvalue weighted by Gasteiger charge is 2.13. The van der Waals surface area contributed by atoms with Crippen molar-refractivity contribution < 1.29 is 9.00 Å². The first-order chi connectivity index (χ1) is 8.29. The Hall–Kier alpha value is -1.24. The normalized spacial score (nSPS) is 13.3. The zero-order valence-corrected chi connectivity index (χ0v) is 12.1. The van der Waals surface area contributed by atoms with Gasteiger partial charge < -0.3 is 5.32 Å². The van der Waals surface area contributed by atoms with Crippen molar-refractivity contribution in [2.45, 2.75) is 38.9 Å². The summed E-state index contributed by atoms with van der Waals surface area (Å²) in [6.45, 7) is 7.10. The minimum absolute atomic E-state index is 0.103. The molecule has 0 radical (unpaired) electrons. The van der Waals surface area contributed by atoms with Crippen LogP contribution in [0.25, 0.3) is 0 Å². The smallest absolute Gasteiger partial charge is 0.240 e. The number of carbonyl (C=O) groups excluding carboxylic acids is 1. The molecule has 1 rings (SSSR count). The van der Waals surface area contributed by atoms with Gasteiger partial charge in [-0.2, -0.15) is 0 Å². The minimum Gasteiger partial charge on any atom is -0.355 e. The molecule has 1 heterocycles. The fourth-order valence-electron chi connectivity index (χ4n) is 1.36. The van der Waals surface area contributed by atoms with Crippen LogP contribution >= 0.6 is 0 Å². The lowest BCUT2D eigenvalue weighted by Gasteiger charge is -2.18. The lowest BCUT2D eigenvalue weighted by molar-refractivity contribution is -0.121. The van der Waals surface area contributed by atoms with Crippen LogP contribution in [0.15, 0.2) is 11.5 Å². The van der Waals surface area contributed by atoms with Gasteiger partial charge in [0, 0.05) is 12.8 Å². The maximum atomic E-state index is 11.7. The summed E-state index contributed by atoms with van der Waals surface area (Å²) >= 11 is 0. The van der Waals surface area contributed by atoms with Crippen molar-refractivity contribution in [3.8, 4) is 0 Å². The number of rotatable bonds is 5. The highest BCUT2D eigenvalue weighted by molar-refractivity contribution is 7.84. The Morgan fingerprint density at radius 1 is 1.50 bits per heavy atom. The van der Waals surface area contributed by atoms with Gasteiger partial charge in [-0.1, -0.05) is 20.8 Å². The van der Waals surface area contributed by atoms with Crippen LogP contribution in [0.3, 0.4) is 0 Å². The molecule has 0 aliphatic rings. The number of amides is 1. The average Bonchev–Trinajstić information content (AvgIpc) is 2.63. The molecule has 0 aliphatic heterocycles. The number of hydrogen-bond acceptors (Lipinski definition) is 4. The van der Waals surface area contributed by atoms with E-state index in [0.29, 0.717) is 11.7 Å². The van der Waals surface area contributed by atoms with Gasteiger partial charge in [-0.3, -0.25) is 13.6 Å². The van der Waals surface area contributed by atoms with Crippen LogP contribution in [-0.2, 0) is 22.1 Å². The zero-order valence-electron chi connectivity index (χ0n) is 11.3. The van der Waals surface area contributed by atoms with E-state index in [-0.39, 0.29) is 17.9 Å². The van der Waals surface area contributed by atoms with Gasteiger partial charge >= 0.3 is 0 Å². The summed E-state index contributed by atoms with van der Waals surface area (Å²) in [5.41, 5.74) is 0.194. The topological polar surface area (TPSA) is 76.9 Å². The monoisotopic (exact) mass is 272 g/mol. The van der Waals surface area contributed by atoms with E-state index in [1.807, 2.05) is 0 Å². The van der Waals surface area contributed by atoms with E-state index in [1.165, 1.54) is 17.2 Å². The Labute approximate surface area is 110 Å². The Morgan fingerprint density at radius 3 is 2.72 bits per heavy atom. The summed E-state index contributed by atoms with van der Waals surface area (Å²) in [4.78, 5) is 11.7. The van der Waals surface area contributed by atoms with E-state index < -0.39 is 10.8 Å². The number of hydrogen-bond donors (Lipinski definition) is 1. The van der Waals surface area contributed by atoms with Crippen LogP contribution in [-0.4, -0.2) is 37.7 Å². The Kier molecular flexibility index (Phi) is 5.01. The van der Waals surface area contributed by atoms with E-state index in [4.69, 9.17) is 0 Å². The lowest BCUT2D eigenvalue weighted by atomic mass is 9.92. The molecule has 0 bridgehead atoms. The summed E-state index contributed by atoms with van der Waals surface area (Å²) in [7, 11) is -1.24. The molecule has 1 N–H and O–H groups in total. The summed E-state index contributed by atoms with van der Waals surface area (Å²) in [6.07, 6.45) is 3.84. The molecule has 1 atom stereocenters. The molecule has 0 unspecified atom stereocenters. The summed E-state index contributed by atoms with van der Waals surface area (Å²) in [5, 5.41) is 10.5. The maximum Gasteiger partial charge on any atom is 0.240 e. The molecule has 18 heavy (non-hydrogen) atoms. The molecule has 0 saturated heterocycles. The first-order valence-electron chi connectivity index (χ1n) is 5.77. The third-order valence-corrected chi connectivity index (χ3v) is 3.18. The van der Waals surface area contributed by atoms with Crippen LogP contribution < -0.4 is 5.32 Å². The Bertz CT molecular complexity index is 436. The predicted octanol–water partition coefficient (Wildman–Crippen LogP) is 0.568. The average molecular weight is 272 g/mol. The van der Waals surface area contributed by atoms with Crippen molar-refractivity contribution in [2.75, 3.05) is 12.8 Å². The van der Waals surface area contributed by atoms with Gasteiger partial charge in [0.2, 0.25) is 11.1 Å². The Balaban J connectivity index is 2.45. The van der Waals surface area contributed by atoms with E-state index in [0.717, 1.165) is 6.42 Å². The number of aromatic nitrogens is 3. The number of nitrogens with zero attached hydrogens (tertiary/aromatic N) is 3. The molecule has 1 amide bonds. The van der Waals surface area contributed by atoms with Crippen molar-refractivity contribution in [3.63, 3.8) is 0 Å². The second kappa shape index (κ2) is 6.08.